The van der Waals surface area contributed by atoms with E-state index in [9.17, 15) is 24.1 Å². The van der Waals surface area contributed by atoms with E-state index in [1.807, 2.05) is 0 Å². The molecule has 0 radical (unpaired) electrons. The number of anilines is 2. The fourth-order valence-electron chi connectivity index (χ4n) is 4.22. The quantitative estimate of drug-likeness (QED) is 0.467. The van der Waals surface area contributed by atoms with Crippen LogP contribution >= 0.6 is 0 Å². The van der Waals surface area contributed by atoms with E-state index in [1.165, 1.54) is 30.3 Å². The highest BCUT2D eigenvalue weighted by Crippen LogP contribution is 2.41. The minimum absolute atomic E-state index is 0.198. The molecule has 1 saturated carbocycles. The molecule has 150 valence electrons. The molecule has 0 bridgehead atoms. The Morgan fingerprint density at radius 2 is 1.76 bits per heavy atom. The molecule has 2 aromatic rings. The first-order valence-corrected chi connectivity index (χ1v) is 9.60. The van der Waals surface area contributed by atoms with Gasteiger partial charge in [0.2, 0.25) is 11.8 Å². The zero-order valence-corrected chi connectivity index (χ0v) is 15.6. The van der Waals surface area contributed by atoms with Crippen molar-refractivity contribution in [1.82, 2.24) is 0 Å². The van der Waals surface area contributed by atoms with Crippen LogP contribution in [-0.4, -0.2) is 16.7 Å². The van der Waals surface area contributed by atoms with Crippen molar-refractivity contribution in [2.24, 2.45) is 11.8 Å². The SMILES string of the molecule is O=C1[C@@H]2CCCC[C@H]2C(=O)N1c1ccc(NCc2cccc(F)c2)c([N+](=O)[O-])c1. The Labute approximate surface area is 166 Å². The lowest BCUT2D eigenvalue weighted by Crippen LogP contribution is -2.30. The Hall–Kier alpha value is -3.29. The molecule has 2 aromatic carbocycles. The maximum Gasteiger partial charge on any atom is 0.294 e. The Balaban J connectivity index is 1.60. The second-order valence-electron chi connectivity index (χ2n) is 7.45. The van der Waals surface area contributed by atoms with Gasteiger partial charge in [0.25, 0.3) is 5.69 Å². The van der Waals surface area contributed by atoms with Crippen molar-refractivity contribution >= 4 is 28.9 Å². The largest absolute Gasteiger partial charge is 0.375 e. The zero-order chi connectivity index (χ0) is 20.5. The fraction of sp³-hybridized carbons (Fsp3) is 0.333. The summed E-state index contributed by atoms with van der Waals surface area (Å²) in [6, 6.07) is 10.2. The van der Waals surface area contributed by atoms with Crippen LogP contribution in [0.5, 0.6) is 0 Å². The van der Waals surface area contributed by atoms with Crippen molar-refractivity contribution in [3.8, 4) is 0 Å². The number of rotatable bonds is 5. The van der Waals surface area contributed by atoms with Crippen LogP contribution in [0.4, 0.5) is 21.5 Å². The van der Waals surface area contributed by atoms with Crippen molar-refractivity contribution in [3.05, 3.63) is 64.0 Å². The van der Waals surface area contributed by atoms with Crippen LogP contribution in [0, 0.1) is 27.8 Å². The average Bonchev–Trinajstić information content (AvgIpc) is 2.97. The van der Waals surface area contributed by atoms with Gasteiger partial charge in [-0.15, -0.1) is 0 Å². The summed E-state index contributed by atoms with van der Waals surface area (Å²) in [6.07, 6.45) is 3.19. The van der Waals surface area contributed by atoms with E-state index >= 15 is 0 Å². The first kappa shape index (κ1) is 19.0. The molecule has 1 aliphatic heterocycles. The van der Waals surface area contributed by atoms with E-state index in [0.29, 0.717) is 18.4 Å². The van der Waals surface area contributed by atoms with Crippen molar-refractivity contribution in [1.29, 1.82) is 0 Å². The molecule has 2 aliphatic rings. The third kappa shape index (κ3) is 3.57. The third-order valence-corrected chi connectivity index (χ3v) is 5.65. The summed E-state index contributed by atoms with van der Waals surface area (Å²) in [7, 11) is 0. The van der Waals surface area contributed by atoms with Crippen molar-refractivity contribution < 1.29 is 18.9 Å². The third-order valence-electron chi connectivity index (χ3n) is 5.65. The maximum absolute atomic E-state index is 13.3. The van der Waals surface area contributed by atoms with Gasteiger partial charge in [-0.3, -0.25) is 19.7 Å². The monoisotopic (exact) mass is 397 g/mol. The smallest absolute Gasteiger partial charge is 0.294 e. The van der Waals surface area contributed by atoms with Crippen LogP contribution < -0.4 is 10.2 Å². The Morgan fingerprint density at radius 3 is 2.38 bits per heavy atom. The lowest BCUT2D eigenvalue weighted by Gasteiger charge is -2.19. The number of benzene rings is 2. The van der Waals surface area contributed by atoms with E-state index in [1.54, 1.807) is 12.1 Å². The Kier molecular flexibility index (Phi) is 5.00. The van der Waals surface area contributed by atoms with Gasteiger partial charge in [0.05, 0.1) is 22.4 Å². The molecule has 1 saturated heterocycles. The van der Waals surface area contributed by atoms with Gasteiger partial charge in [-0.1, -0.05) is 25.0 Å². The molecule has 0 spiro atoms. The predicted octanol–water partition coefficient (Wildman–Crippen LogP) is 4.03. The van der Waals surface area contributed by atoms with Crippen LogP contribution in [-0.2, 0) is 16.1 Å². The molecular formula is C21H20FN3O4. The topological polar surface area (TPSA) is 92.6 Å². The van der Waals surface area contributed by atoms with Crippen LogP contribution in [0.25, 0.3) is 0 Å². The Morgan fingerprint density at radius 1 is 1.07 bits per heavy atom. The molecule has 1 aliphatic carbocycles. The molecule has 7 nitrogen and oxygen atoms in total. The molecule has 8 heteroatoms. The normalized spacial score (nSPS) is 21.2. The van der Waals surface area contributed by atoms with Crippen molar-refractivity contribution in [3.63, 3.8) is 0 Å². The second kappa shape index (κ2) is 7.62. The molecule has 0 unspecified atom stereocenters. The average molecular weight is 397 g/mol. The molecule has 2 fully saturated rings. The highest BCUT2D eigenvalue weighted by molar-refractivity contribution is 6.22. The number of nitro benzene ring substituents is 1. The highest BCUT2D eigenvalue weighted by Gasteiger charge is 2.49. The number of imide groups is 1. The molecular weight excluding hydrogens is 377 g/mol. The van der Waals surface area contributed by atoms with Crippen LogP contribution in [0.15, 0.2) is 42.5 Å². The second-order valence-corrected chi connectivity index (χ2v) is 7.45. The fourth-order valence-corrected chi connectivity index (χ4v) is 4.22. The lowest BCUT2D eigenvalue weighted by atomic mass is 9.81. The van der Waals surface area contributed by atoms with E-state index < -0.39 is 4.92 Å². The van der Waals surface area contributed by atoms with Gasteiger partial charge in [0.1, 0.15) is 11.5 Å². The number of nitrogens with zero attached hydrogens (tertiary/aromatic N) is 2. The van der Waals surface area contributed by atoms with Gasteiger partial charge in [0.15, 0.2) is 0 Å². The van der Waals surface area contributed by atoms with E-state index in [-0.39, 0.29) is 53.1 Å². The minimum Gasteiger partial charge on any atom is -0.375 e. The summed E-state index contributed by atoms with van der Waals surface area (Å²) in [6.45, 7) is 0.198. The van der Waals surface area contributed by atoms with Crippen molar-refractivity contribution in [2.75, 3.05) is 10.2 Å². The minimum atomic E-state index is -0.560. The number of carbonyl (C=O) groups excluding carboxylic acids is 2. The summed E-state index contributed by atoms with van der Waals surface area (Å²) in [5.74, 6) is -1.56. The number of carbonyl (C=O) groups is 2. The molecule has 1 heterocycles. The van der Waals surface area contributed by atoms with E-state index in [2.05, 4.69) is 5.32 Å². The number of fused-ring (bicyclic) bond motifs is 1. The van der Waals surface area contributed by atoms with Gasteiger partial charge in [-0.25, -0.2) is 9.29 Å². The predicted molar refractivity (Wildman–Crippen MR) is 105 cm³/mol. The molecule has 0 aromatic heterocycles. The Bertz CT molecular complexity index is 970. The number of halogens is 1. The number of amides is 2. The van der Waals surface area contributed by atoms with Gasteiger partial charge < -0.3 is 5.32 Å². The number of hydrogen-bond acceptors (Lipinski definition) is 5. The molecule has 2 atom stereocenters. The maximum atomic E-state index is 13.3. The zero-order valence-electron chi connectivity index (χ0n) is 15.6. The van der Waals surface area contributed by atoms with Crippen LogP contribution in [0.2, 0.25) is 0 Å². The van der Waals surface area contributed by atoms with Gasteiger partial charge in [0, 0.05) is 12.6 Å². The summed E-state index contributed by atoms with van der Waals surface area (Å²) in [4.78, 5) is 37.6. The van der Waals surface area contributed by atoms with Gasteiger partial charge >= 0.3 is 0 Å². The summed E-state index contributed by atoms with van der Waals surface area (Å²) < 4.78 is 13.3. The standard InChI is InChI=1S/C21H20FN3O4/c22-14-5-3-4-13(10-14)12-23-18-9-8-15(11-19(18)25(28)29)24-20(26)16-6-1-2-7-17(16)21(24)27/h3-5,8-11,16-17,23H,1-2,6-7,12H2/t16-,17-/m1/s1. The van der Waals surface area contributed by atoms with E-state index in [0.717, 1.165) is 17.7 Å². The summed E-state index contributed by atoms with van der Waals surface area (Å²) in [5.41, 5.74) is 0.851. The molecule has 2 amide bonds. The first-order valence-electron chi connectivity index (χ1n) is 9.60. The molecule has 29 heavy (non-hydrogen) atoms. The number of nitro groups is 1. The molecule has 4 rings (SSSR count). The number of nitrogens with one attached hydrogen (secondary N) is 1. The summed E-state index contributed by atoms with van der Waals surface area (Å²) in [5, 5.41) is 14.5. The first-order chi connectivity index (χ1) is 14.0. The summed E-state index contributed by atoms with van der Waals surface area (Å²) >= 11 is 0. The van der Waals surface area contributed by atoms with Gasteiger partial charge in [-0.2, -0.15) is 0 Å². The molecule has 1 N–H and O–H groups in total. The van der Waals surface area contributed by atoms with Crippen LogP contribution in [0.3, 0.4) is 0 Å². The highest BCUT2D eigenvalue weighted by atomic mass is 19.1. The van der Waals surface area contributed by atoms with Gasteiger partial charge in [-0.05, 0) is 42.7 Å². The van der Waals surface area contributed by atoms with E-state index in [4.69, 9.17) is 0 Å². The van der Waals surface area contributed by atoms with Crippen LogP contribution in [0.1, 0.15) is 31.2 Å². The number of hydrogen-bond donors (Lipinski definition) is 1. The lowest BCUT2D eigenvalue weighted by molar-refractivity contribution is -0.383. The van der Waals surface area contributed by atoms with Crippen molar-refractivity contribution in [2.45, 2.75) is 32.2 Å².